The van der Waals surface area contributed by atoms with Crippen LogP contribution in [0.2, 0.25) is 0 Å². The molecular weight excluding hydrogens is 268 g/mol. The molecule has 0 aliphatic heterocycles. The van der Waals surface area contributed by atoms with Gasteiger partial charge in [0.15, 0.2) is 0 Å². The lowest BCUT2D eigenvalue weighted by Gasteiger charge is -2.49. The van der Waals surface area contributed by atoms with Crippen LogP contribution >= 0.6 is 0 Å². The Balaban J connectivity index is 1.69. The number of allylic oxidation sites excluding steroid dienone is 2. The van der Waals surface area contributed by atoms with Crippen LogP contribution in [0.25, 0.3) is 0 Å². The monoisotopic (exact) mass is 296 g/mol. The molecule has 3 unspecified atom stereocenters. The molecule has 2 fully saturated rings. The molecule has 0 heterocycles. The lowest BCUT2D eigenvalue weighted by molar-refractivity contribution is 0.0813. The van der Waals surface area contributed by atoms with Crippen LogP contribution in [0.15, 0.2) is 29.8 Å². The second-order valence-corrected chi connectivity index (χ2v) is 7.79. The van der Waals surface area contributed by atoms with Gasteiger partial charge in [0, 0.05) is 0 Å². The summed E-state index contributed by atoms with van der Waals surface area (Å²) < 4.78 is 5.42. The van der Waals surface area contributed by atoms with Crippen LogP contribution in [0.5, 0.6) is 5.75 Å². The summed E-state index contributed by atoms with van der Waals surface area (Å²) in [5.74, 6) is 3.63. The zero-order valence-electron chi connectivity index (χ0n) is 14.2. The summed E-state index contributed by atoms with van der Waals surface area (Å²) in [6.07, 6.45) is 10.5. The summed E-state index contributed by atoms with van der Waals surface area (Å²) in [6, 6.07) is 6.81. The van der Waals surface area contributed by atoms with Gasteiger partial charge in [-0.05, 0) is 91.9 Å². The van der Waals surface area contributed by atoms with Gasteiger partial charge >= 0.3 is 0 Å². The van der Waals surface area contributed by atoms with Crippen LogP contribution in [0, 0.1) is 17.3 Å². The predicted octanol–water partition coefficient (Wildman–Crippen LogP) is 5.50. The Kier molecular flexibility index (Phi) is 3.36. The van der Waals surface area contributed by atoms with Crippen molar-refractivity contribution in [1.29, 1.82) is 0 Å². The van der Waals surface area contributed by atoms with Crippen LogP contribution in [0.3, 0.4) is 0 Å². The summed E-state index contributed by atoms with van der Waals surface area (Å²) in [4.78, 5) is 0. The van der Waals surface area contributed by atoms with Crippen LogP contribution in [-0.2, 0) is 6.42 Å². The number of aryl methyl sites for hydroxylation is 1. The molecule has 1 aromatic carbocycles. The lowest BCUT2D eigenvalue weighted by Crippen LogP contribution is -2.40. The predicted molar refractivity (Wildman–Crippen MR) is 91.4 cm³/mol. The van der Waals surface area contributed by atoms with Crippen molar-refractivity contribution >= 4 is 0 Å². The SMILES string of the molecule is CC=C1CCC2C3CCc4cc(OC)ccc4C3CC[C@]12C. The Bertz CT molecular complexity index is 614. The first-order valence-electron chi connectivity index (χ1n) is 9.00. The summed E-state index contributed by atoms with van der Waals surface area (Å²) in [5.41, 5.74) is 5.43. The molecule has 4 rings (SSSR count). The summed E-state index contributed by atoms with van der Waals surface area (Å²) in [6.45, 7) is 4.80. The van der Waals surface area contributed by atoms with Crippen LogP contribution < -0.4 is 4.74 Å². The first-order chi connectivity index (χ1) is 10.7. The highest BCUT2D eigenvalue weighted by Gasteiger charge is 2.52. The maximum absolute atomic E-state index is 5.42. The first-order valence-corrected chi connectivity index (χ1v) is 9.00. The standard InChI is InChI=1S/C21H28O/c1-4-15-6-10-20-19-8-5-14-13-16(22-3)7-9-17(14)18(19)11-12-21(15,20)2/h4,7,9,13,18-20H,5-6,8,10-12H2,1-3H3/t18?,19?,20?,21-/m1/s1. The van der Waals surface area contributed by atoms with Gasteiger partial charge in [0.05, 0.1) is 7.11 Å². The number of hydrogen-bond acceptors (Lipinski definition) is 1. The van der Waals surface area contributed by atoms with Crippen molar-refractivity contribution in [3.05, 3.63) is 41.0 Å². The van der Waals surface area contributed by atoms with Crippen molar-refractivity contribution < 1.29 is 4.74 Å². The quantitative estimate of drug-likeness (QED) is 0.622. The lowest BCUT2D eigenvalue weighted by atomic mass is 9.55. The molecule has 1 aromatic rings. The molecule has 0 spiro atoms. The molecule has 0 amide bonds. The smallest absolute Gasteiger partial charge is 0.119 e. The third-order valence-electron chi connectivity index (χ3n) is 7.13. The molecule has 3 aliphatic carbocycles. The normalized spacial score (nSPS) is 38.3. The zero-order chi connectivity index (χ0) is 15.3. The van der Waals surface area contributed by atoms with Gasteiger partial charge in [0.1, 0.15) is 5.75 Å². The molecular formula is C21H28O. The molecule has 0 radical (unpaired) electrons. The molecule has 1 nitrogen and oxygen atoms in total. The van der Waals surface area contributed by atoms with Crippen molar-refractivity contribution in [3.8, 4) is 5.75 Å². The van der Waals surface area contributed by atoms with E-state index in [9.17, 15) is 0 Å². The van der Waals surface area contributed by atoms with Crippen molar-refractivity contribution in [3.63, 3.8) is 0 Å². The topological polar surface area (TPSA) is 9.23 Å². The van der Waals surface area contributed by atoms with Gasteiger partial charge in [-0.2, -0.15) is 0 Å². The molecule has 3 aliphatic rings. The van der Waals surface area contributed by atoms with E-state index in [2.05, 4.69) is 38.1 Å². The molecule has 0 aromatic heterocycles. The average molecular weight is 296 g/mol. The Hall–Kier alpha value is -1.24. The molecule has 0 saturated heterocycles. The molecule has 0 bridgehead atoms. The molecule has 2 saturated carbocycles. The van der Waals surface area contributed by atoms with E-state index in [1.54, 1.807) is 23.8 Å². The average Bonchev–Trinajstić information content (AvgIpc) is 2.90. The van der Waals surface area contributed by atoms with Crippen LogP contribution in [0.1, 0.15) is 63.0 Å². The highest BCUT2D eigenvalue weighted by atomic mass is 16.5. The van der Waals surface area contributed by atoms with E-state index in [1.165, 1.54) is 38.5 Å². The molecule has 0 N–H and O–H groups in total. The van der Waals surface area contributed by atoms with E-state index >= 15 is 0 Å². The Labute approximate surface area is 134 Å². The second kappa shape index (κ2) is 5.15. The maximum Gasteiger partial charge on any atom is 0.119 e. The fourth-order valence-electron chi connectivity index (χ4n) is 6.01. The minimum atomic E-state index is 0.500. The molecule has 1 heteroatoms. The number of ether oxygens (including phenoxy) is 1. The fraction of sp³-hybridized carbons (Fsp3) is 0.619. The summed E-state index contributed by atoms with van der Waals surface area (Å²) >= 11 is 0. The first kappa shape index (κ1) is 14.4. The van der Waals surface area contributed by atoms with Gasteiger partial charge in [-0.3, -0.25) is 0 Å². The van der Waals surface area contributed by atoms with Crippen molar-refractivity contribution in [1.82, 2.24) is 0 Å². The Morgan fingerprint density at radius 1 is 1.18 bits per heavy atom. The second-order valence-electron chi connectivity index (χ2n) is 7.79. The van der Waals surface area contributed by atoms with Crippen LogP contribution in [0.4, 0.5) is 0 Å². The Morgan fingerprint density at radius 2 is 2.05 bits per heavy atom. The highest BCUT2D eigenvalue weighted by Crippen LogP contribution is 2.62. The van der Waals surface area contributed by atoms with E-state index in [1.807, 2.05) is 0 Å². The molecule has 4 atom stereocenters. The van der Waals surface area contributed by atoms with Gasteiger partial charge < -0.3 is 4.74 Å². The van der Waals surface area contributed by atoms with E-state index in [0.29, 0.717) is 5.41 Å². The number of hydrogen-bond donors (Lipinski definition) is 0. The third kappa shape index (κ3) is 1.90. The molecule has 118 valence electrons. The third-order valence-corrected chi connectivity index (χ3v) is 7.13. The van der Waals surface area contributed by atoms with Gasteiger partial charge in [-0.25, -0.2) is 0 Å². The van der Waals surface area contributed by atoms with Crippen LogP contribution in [-0.4, -0.2) is 7.11 Å². The van der Waals surface area contributed by atoms with E-state index in [0.717, 1.165) is 23.5 Å². The summed E-state index contributed by atoms with van der Waals surface area (Å²) in [5, 5.41) is 0. The number of benzene rings is 1. The van der Waals surface area contributed by atoms with E-state index in [-0.39, 0.29) is 0 Å². The Morgan fingerprint density at radius 3 is 2.82 bits per heavy atom. The number of fused-ring (bicyclic) bond motifs is 5. The van der Waals surface area contributed by atoms with Crippen molar-refractivity contribution in [2.24, 2.45) is 17.3 Å². The van der Waals surface area contributed by atoms with Crippen molar-refractivity contribution in [2.45, 2.75) is 58.3 Å². The summed E-state index contributed by atoms with van der Waals surface area (Å²) in [7, 11) is 1.77. The van der Waals surface area contributed by atoms with E-state index in [4.69, 9.17) is 4.74 Å². The fourth-order valence-corrected chi connectivity index (χ4v) is 6.01. The van der Waals surface area contributed by atoms with E-state index < -0.39 is 0 Å². The highest BCUT2D eigenvalue weighted by molar-refractivity contribution is 5.41. The maximum atomic E-state index is 5.42. The zero-order valence-corrected chi connectivity index (χ0v) is 14.2. The number of rotatable bonds is 1. The minimum absolute atomic E-state index is 0.500. The largest absolute Gasteiger partial charge is 0.497 e. The van der Waals surface area contributed by atoms with Gasteiger partial charge in [-0.15, -0.1) is 0 Å². The number of methoxy groups -OCH3 is 1. The minimum Gasteiger partial charge on any atom is -0.497 e. The van der Waals surface area contributed by atoms with Gasteiger partial charge in [0.2, 0.25) is 0 Å². The molecule has 22 heavy (non-hydrogen) atoms. The van der Waals surface area contributed by atoms with Gasteiger partial charge in [-0.1, -0.05) is 24.6 Å². The van der Waals surface area contributed by atoms with Crippen molar-refractivity contribution in [2.75, 3.05) is 7.11 Å². The van der Waals surface area contributed by atoms with Gasteiger partial charge in [0.25, 0.3) is 0 Å².